The number of pyridine rings is 2. The van der Waals surface area contributed by atoms with Crippen molar-refractivity contribution in [1.29, 1.82) is 0 Å². The molecule has 1 aliphatic carbocycles. The second-order valence-corrected chi connectivity index (χ2v) is 8.01. The lowest BCUT2D eigenvalue weighted by molar-refractivity contribution is 0.146. The summed E-state index contributed by atoms with van der Waals surface area (Å²) in [4.78, 5) is 17.0. The van der Waals surface area contributed by atoms with Gasteiger partial charge >= 0.3 is 0 Å². The molecule has 0 unspecified atom stereocenters. The number of benzene rings is 1. The first kappa shape index (κ1) is 19.5. The Morgan fingerprint density at radius 3 is 2.55 bits per heavy atom. The van der Waals surface area contributed by atoms with Gasteiger partial charge in [0.1, 0.15) is 5.82 Å². The maximum Gasteiger partial charge on any atom is 0.266 e. The zero-order chi connectivity index (χ0) is 20.9. The Balaban J connectivity index is 1.78. The van der Waals surface area contributed by atoms with Gasteiger partial charge in [0.25, 0.3) is 12.0 Å². The minimum atomic E-state index is -2.88. The first-order valence-electron chi connectivity index (χ1n) is 9.57. The number of rotatable bonds is 5. The third-order valence-electron chi connectivity index (χ3n) is 5.66. The van der Waals surface area contributed by atoms with Crippen LogP contribution < -0.4 is 10.9 Å². The van der Waals surface area contributed by atoms with Gasteiger partial charge in [0.2, 0.25) is 0 Å². The molecule has 1 atom stereocenters. The summed E-state index contributed by atoms with van der Waals surface area (Å²) in [6.45, 7) is 5.55. The summed E-state index contributed by atoms with van der Waals surface area (Å²) in [7, 11) is 0. The minimum Gasteiger partial charge on any atom is -0.378 e. The molecule has 1 aromatic carbocycles. The van der Waals surface area contributed by atoms with E-state index in [1.54, 1.807) is 24.6 Å². The van der Waals surface area contributed by atoms with E-state index < -0.39 is 23.8 Å². The van der Waals surface area contributed by atoms with Gasteiger partial charge in [0.15, 0.2) is 0 Å². The van der Waals surface area contributed by atoms with Crippen LogP contribution >= 0.6 is 0 Å². The van der Waals surface area contributed by atoms with Crippen molar-refractivity contribution in [3.05, 3.63) is 69.5 Å². The summed E-state index contributed by atoms with van der Waals surface area (Å²) in [5.41, 5.74) is 1.19. The van der Waals surface area contributed by atoms with E-state index in [0.717, 1.165) is 24.3 Å². The first-order chi connectivity index (χ1) is 13.7. The number of nitrogens with one attached hydrogen (secondary N) is 1. The number of halogens is 3. The summed E-state index contributed by atoms with van der Waals surface area (Å²) in [5.74, 6) is -0.903. The van der Waals surface area contributed by atoms with Gasteiger partial charge in [-0.2, -0.15) is 0 Å². The van der Waals surface area contributed by atoms with Crippen LogP contribution in [0.25, 0.3) is 10.9 Å². The lowest BCUT2D eigenvalue weighted by Crippen LogP contribution is -2.27. The Kier molecular flexibility index (Phi) is 4.63. The zero-order valence-corrected chi connectivity index (χ0v) is 16.5. The molecule has 3 aromatic rings. The normalized spacial score (nSPS) is 16.2. The molecule has 0 saturated heterocycles. The summed E-state index contributed by atoms with van der Waals surface area (Å²) < 4.78 is 42.4. The van der Waals surface area contributed by atoms with Crippen LogP contribution in [0, 0.1) is 12.7 Å². The summed E-state index contributed by atoms with van der Waals surface area (Å²) in [6, 6.07) is 6.79. The van der Waals surface area contributed by atoms with E-state index in [-0.39, 0.29) is 16.7 Å². The molecule has 7 heteroatoms. The predicted molar refractivity (Wildman–Crippen MR) is 107 cm³/mol. The number of fused-ring (bicyclic) bond motifs is 1. The van der Waals surface area contributed by atoms with Crippen LogP contribution in [0.5, 0.6) is 0 Å². The molecular weight excluding hydrogens is 379 g/mol. The highest BCUT2D eigenvalue weighted by molar-refractivity contribution is 5.91. The maximum absolute atomic E-state index is 14.6. The molecule has 2 aromatic heterocycles. The molecule has 1 saturated carbocycles. The van der Waals surface area contributed by atoms with E-state index >= 15 is 0 Å². The standard InChI is InChI=1S/C22H22F3N3O/c1-12-9-17(27-13(2)14-5-4-6-15(20(14)23)21(24)25)16-11-28(22(3)7-8-22)19(29)10-18(16)26-12/h4-6,9-11,13,21,27H,7-8H2,1-3H3/t13-/m1/s1. The first-order valence-corrected chi connectivity index (χ1v) is 9.57. The number of hydrogen-bond acceptors (Lipinski definition) is 3. The maximum atomic E-state index is 14.6. The van der Waals surface area contributed by atoms with E-state index in [1.165, 1.54) is 18.2 Å². The quantitative estimate of drug-likeness (QED) is 0.617. The molecule has 1 fully saturated rings. The minimum absolute atomic E-state index is 0.106. The van der Waals surface area contributed by atoms with Crippen LogP contribution in [-0.2, 0) is 5.54 Å². The van der Waals surface area contributed by atoms with Crippen LogP contribution in [0.4, 0.5) is 18.9 Å². The zero-order valence-electron chi connectivity index (χ0n) is 16.5. The van der Waals surface area contributed by atoms with Crippen molar-refractivity contribution < 1.29 is 13.2 Å². The number of aromatic nitrogens is 2. The van der Waals surface area contributed by atoms with Crippen LogP contribution in [0.15, 0.2) is 41.3 Å². The van der Waals surface area contributed by atoms with Crippen LogP contribution in [-0.4, -0.2) is 9.55 Å². The van der Waals surface area contributed by atoms with Crippen LogP contribution in [0.2, 0.25) is 0 Å². The predicted octanol–water partition coefficient (Wildman–Crippen LogP) is 5.46. The van der Waals surface area contributed by atoms with Gasteiger partial charge < -0.3 is 9.88 Å². The monoisotopic (exact) mass is 401 g/mol. The van der Waals surface area contributed by atoms with Gasteiger partial charge in [-0.15, -0.1) is 0 Å². The molecule has 1 aliphatic rings. The fraction of sp³-hybridized carbons (Fsp3) is 0.364. The lowest BCUT2D eigenvalue weighted by Gasteiger charge is -2.21. The second-order valence-electron chi connectivity index (χ2n) is 8.01. The Morgan fingerprint density at radius 2 is 1.90 bits per heavy atom. The Morgan fingerprint density at radius 1 is 1.21 bits per heavy atom. The van der Waals surface area contributed by atoms with Crippen LogP contribution in [0.3, 0.4) is 0 Å². The smallest absolute Gasteiger partial charge is 0.266 e. The number of nitrogens with zero attached hydrogens (tertiary/aromatic N) is 2. The van der Waals surface area contributed by atoms with E-state index in [2.05, 4.69) is 10.3 Å². The topological polar surface area (TPSA) is 46.9 Å². The second kappa shape index (κ2) is 6.90. The summed E-state index contributed by atoms with van der Waals surface area (Å²) >= 11 is 0. The lowest BCUT2D eigenvalue weighted by atomic mass is 10.0. The van der Waals surface area contributed by atoms with E-state index in [9.17, 15) is 18.0 Å². The van der Waals surface area contributed by atoms with Crippen molar-refractivity contribution in [3.63, 3.8) is 0 Å². The van der Waals surface area contributed by atoms with Gasteiger partial charge in [0, 0.05) is 40.1 Å². The molecule has 2 heterocycles. The van der Waals surface area contributed by atoms with Crippen LogP contribution in [0.1, 0.15) is 56.0 Å². The van der Waals surface area contributed by atoms with Crippen molar-refractivity contribution in [2.75, 3.05) is 5.32 Å². The number of hydrogen-bond donors (Lipinski definition) is 1. The molecule has 0 amide bonds. The molecule has 0 aliphatic heterocycles. The van der Waals surface area contributed by atoms with Gasteiger partial charge in [-0.1, -0.05) is 18.2 Å². The highest BCUT2D eigenvalue weighted by atomic mass is 19.3. The van der Waals surface area contributed by atoms with Crippen molar-refractivity contribution in [1.82, 2.24) is 9.55 Å². The van der Waals surface area contributed by atoms with E-state index in [0.29, 0.717) is 16.9 Å². The Labute approximate surface area is 166 Å². The Bertz CT molecular complexity index is 1150. The third kappa shape index (κ3) is 3.50. The van der Waals surface area contributed by atoms with Crippen molar-refractivity contribution in [2.24, 2.45) is 0 Å². The average molecular weight is 401 g/mol. The highest BCUT2D eigenvalue weighted by Gasteiger charge is 2.40. The van der Waals surface area contributed by atoms with E-state index in [1.807, 2.05) is 13.0 Å². The third-order valence-corrected chi connectivity index (χ3v) is 5.66. The molecular formula is C22H22F3N3O. The number of anilines is 1. The molecule has 0 radical (unpaired) electrons. The molecule has 1 N–H and O–H groups in total. The van der Waals surface area contributed by atoms with Gasteiger partial charge in [0.05, 0.1) is 17.1 Å². The van der Waals surface area contributed by atoms with E-state index in [4.69, 9.17) is 0 Å². The molecule has 0 spiro atoms. The van der Waals surface area contributed by atoms with Crippen molar-refractivity contribution in [3.8, 4) is 0 Å². The van der Waals surface area contributed by atoms with Crippen molar-refractivity contribution in [2.45, 2.75) is 51.6 Å². The fourth-order valence-electron chi connectivity index (χ4n) is 3.68. The average Bonchev–Trinajstić information content (AvgIpc) is 3.39. The van der Waals surface area contributed by atoms with Gasteiger partial charge in [-0.05, 0) is 39.7 Å². The molecule has 152 valence electrons. The number of alkyl halides is 2. The summed E-state index contributed by atoms with van der Waals surface area (Å²) in [5, 5.41) is 3.96. The largest absolute Gasteiger partial charge is 0.378 e. The van der Waals surface area contributed by atoms with Gasteiger partial charge in [-0.25, -0.2) is 13.2 Å². The highest BCUT2D eigenvalue weighted by Crippen LogP contribution is 2.42. The molecule has 4 nitrogen and oxygen atoms in total. The van der Waals surface area contributed by atoms with Gasteiger partial charge in [-0.3, -0.25) is 9.78 Å². The van der Waals surface area contributed by atoms with Crippen molar-refractivity contribution >= 4 is 16.6 Å². The summed E-state index contributed by atoms with van der Waals surface area (Å²) in [6.07, 6.45) is 0.781. The Hall–Kier alpha value is -2.83. The molecule has 29 heavy (non-hydrogen) atoms. The molecule has 4 rings (SSSR count). The number of aryl methyl sites for hydroxylation is 1. The molecule has 0 bridgehead atoms. The SMILES string of the molecule is Cc1cc(N[C@H](C)c2cccc(C(F)F)c2F)c2cn(C3(C)CC3)c(=O)cc2n1. The fourth-order valence-corrected chi connectivity index (χ4v) is 3.68.